The fraction of sp³-hybridized carbons (Fsp3) is 0.375. The van der Waals surface area contributed by atoms with Crippen molar-refractivity contribution in [3.8, 4) is 0 Å². The molecule has 176 valence electrons. The van der Waals surface area contributed by atoms with E-state index in [9.17, 15) is 13.2 Å². The van der Waals surface area contributed by atoms with Gasteiger partial charge in [-0.15, -0.1) is 0 Å². The normalized spacial score (nSPS) is 13.7. The summed E-state index contributed by atoms with van der Waals surface area (Å²) in [6, 6.07) is 7.58. The van der Waals surface area contributed by atoms with Crippen molar-refractivity contribution in [2.45, 2.75) is 44.6 Å². The molecule has 2 heterocycles. The molecule has 1 aromatic carbocycles. The first-order chi connectivity index (χ1) is 15.7. The number of imidazole rings is 1. The van der Waals surface area contributed by atoms with E-state index >= 15 is 0 Å². The molecule has 0 bridgehead atoms. The largest absolute Gasteiger partial charge is 0.460 e. The molecule has 0 unspecified atom stereocenters. The van der Waals surface area contributed by atoms with Crippen molar-refractivity contribution in [3.63, 3.8) is 0 Å². The van der Waals surface area contributed by atoms with Crippen molar-refractivity contribution in [2.75, 3.05) is 13.7 Å². The highest BCUT2D eigenvalue weighted by Gasteiger charge is 2.37. The summed E-state index contributed by atoms with van der Waals surface area (Å²) in [6.07, 6.45) is 4.32. The zero-order valence-corrected chi connectivity index (χ0v) is 20.2. The second-order valence-corrected chi connectivity index (χ2v) is 10.1. The Morgan fingerprint density at radius 2 is 1.97 bits per heavy atom. The highest BCUT2D eigenvalue weighted by molar-refractivity contribution is 7.89. The Kier molecular flexibility index (Phi) is 7.65. The van der Waals surface area contributed by atoms with Gasteiger partial charge in [-0.05, 0) is 36.6 Å². The molecule has 0 saturated heterocycles. The van der Waals surface area contributed by atoms with Crippen LogP contribution < -0.4 is 0 Å². The van der Waals surface area contributed by atoms with Gasteiger partial charge < -0.3 is 9.72 Å². The number of benzene rings is 1. The van der Waals surface area contributed by atoms with E-state index in [1.807, 2.05) is 26.8 Å². The number of carbonyl (C=O) groups excluding carboxylic acids is 1. The van der Waals surface area contributed by atoms with Gasteiger partial charge in [0.2, 0.25) is 10.0 Å². The first-order valence-electron chi connectivity index (χ1n) is 10.8. The number of sulfonamides is 1. The number of hydrogen-bond donors (Lipinski definition) is 1. The van der Waals surface area contributed by atoms with E-state index in [1.54, 1.807) is 30.5 Å². The number of nitrogens with one attached hydrogen (secondary N) is 1. The van der Waals surface area contributed by atoms with Crippen molar-refractivity contribution >= 4 is 27.0 Å². The Bertz CT molecular complexity index is 1240. The molecule has 3 aromatic rings. The van der Waals surface area contributed by atoms with Crippen LogP contribution in [0.2, 0.25) is 0 Å². The van der Waals surface area contributed by atoms with Crippen molar-refractivity contribution < 1.29 is 17.9 Å². The summed E-state index contributed by atoms with van der Waals surface area (Å²) in [4.78, 5) is 24.8. The van der Waals surface area contributed by atoms with Crippen LogP contribution in [0.15, 0.2) is 54.1 Å². The number of rotatable bonds is 10. The number of fused-ring (bicyclic) bond motifs is 1. The summed E-state index contributed by atoms with van der Waals surface area (Å²) in [6.45, 7) is 9.19. The lowest BCUT2D eigenvalue weighted by molar-refractivity contribution is -0.148. The second-order valence-electron chi connectivity index (χ2n) is 8.07. The quantitative estimate of drug-likeness (QED) is 0.358. The highest BCUT2D eigenvalue weighted by Crippen LogP contribution is 2.24. The molecule has 33 heavy (non-hydrogen) atoms. The standard InChI is InChI=1S/C24H30N4O4S/c1-6-14-32-24(29)23(16(3)7-2)28(5)33(30,31)19-10-8-18(9-11-19)15-21-22-20(12-13-25-21)26-17(4)27-22/h6,8-13,16,23H,1,7,14-15H2,2-5H3,(H,26,27)/t16-,23-/m0/s1. The molecule has 2 aromatic heterocycles. The van der Waals surface area contributed by atoms with Gasteiger partial charge in [-0.1, -0.05) is 45.1 Å². The maximum absolute atomic E-state index is 13.3. The molecule has 0 fully saturated rings. The van der Waals surface area contributed by atoms with Crippen LogP contribution in [-0.2, 0) is 26.0 Å². The maximum atomic E-state index is 13.3. The molecule has 0 aliphatic heterocycles. The molecule has 1 N–H and O–H groups in total. The van der Waals surface area contributed by atoms with E-state index in [4.69, 9.17) is 4.74 Å². The van der Waals surface area contributed by atoms with E-state index in [-0.39, 0.29) is 17.4 Å². The van der Waals surface area contributed by atoms with Crippen LogP contribution in [0.4, 0.5) is 0 Å². The number of aromatic nitrogens is 3. The van der Waals surface area contributed by atoms with Crippen molar-refractivity contribution in [1.82, 2.24) is 19.3 Å². The number of esters is 1. The smallest absolute Gasteiger partial charge is 0.325 e. The molecular weight excluding hydrogens is 440 g/mol. The molecule has 0 saturated carbocycles. The Balaban J connectivity index is 1.84. The molecule has 0 amide bonds. The minimum absolute atomic E-state index is 0.0324. The van der Waals surface area contributed by atoms with Gasteiger partial charge in [-0.3, -0.25) is 9.78 Å². The highest BCUT2D eigenvalue weighted by atomic mass is 32.2. The van der Waals surface area contributed by atoms with Gasteiger partial charge in [0.15, 0.2) is 0 Å². The average molecular weight is 471 g/mol. The molecule has 0 radical (unpaired) electrons. The summed E-state index contributed by atoms with van der Waals surface area (Å²) in [5, 5.41) is 0. The fourth-order valence-corrected chi connectivity index (χ4v) is 5.13. The number of likely N-dealkylation sites (N-methyl/N-ethyl adjacent to an activating group) is 1. The van der Waals surface area contributed by atoms with Gasteiger partial charge in [-0.25, -0.2) is 13.4 Å². The van der Waals surface area contributed by atoms with Crippen molar-refractivity contribution in [2.24, 2.45) is 5.92 Å². The molecule has 9 heteroatoms. The summed E-state index contributed by atoms with van der Waals surface area (Å²) in [5.41, 5.74) is 3.44. The zero-order chi connectivity index (χ0) is 24.2. The topological polar surface area (TPSA) is 105 Å². The van der Waals surface area contributed by atoms with E-state index in [1.165, 1.54) is 13.1 Å². The predicted molar refractivity (Wildman–Crippen MR) is 127 cm³/mol. The van der Waals surface area contributed by atoms with Gasteiger partial charge in [0.1, 0.15) is 24.0 Å². The monoisotopic (exact) mass is 470 g/mol. The Morgan fingerprint density at radius 1 is 1.27 bits per heavy atom. The van der Waals surface area contributed by atoms with Crippen LogP contribution in [-0.4, -0.2) is 53.3 Å². The van der Waals surface area contributed by atoms with E-state index < -0.39 is 22.0 Å². The molecule has 0 aliphatic rings. The summed E-state index contributed by atoms with van der Waals surface area (Å²) >= 11 is 0. The third-order valence-corrected chi connectivity index (χ3v) is 7.58. The first-order valence-corrected chi connectivity index (χ1v) is 12.3. The predicted octanol–water partition coefficient (Wildman–Crippen LogP) is 3.62. The van der Waals surface area contributed by atoms with E-state index in [2.05, 4.69) is 21.5 Å². The third kappa shape index (κ3) is 5.31. The first kappa shape index (κ1) is 24.6. The van der Waals surface area contributed by atoms with Crippen molar-refractivity contribution in [1.29, 1.82) is 0 Å². The van der Waals surface area contributed by atoms with Gasteiger partial charge >= 0.3 is 5.97 Å². The lowest BCUT2D eigenvalue weighted by Gasteiger charge is -2.29. The summed E-state index contributed by atoms with van der Waals surface area (Å²) in [5.74, 6) is 0.0110. The number of aromatic amines is 1. The van der Waals surface area contributed by atoms with Crippen LogP contribution in [0.3, 0.4) is 0 Å². The number of H-pyrrole nitrogens is 1. The Labute approximate surface area is 194 Å². The minimum atomic E-state index is -3.91. The van der Waals surface area contributed by atoms with Gasteiger partial charge in [0.25, 0.3) is 0 Å². The maximum Gasteiger partial charge on any atom is 0.325 e. The lowest BCUT2D eigenvalue weighted by Crippen LogP contribution is -2.47. The number of hydrogen-bond acceptors (Lipinski definition) is 6. The third-order valence-electron chi connectivity index (χ3n) is 5.73. The zero-order valence-electron chi connectivity index (χ0n) is 19.4. The summed E-state index contributed by atoms with van der Waals surface area (Å²) in [7, 11) is -2.49. The van der Waals surface area contributed by atoms with E-state index in [0.29, 0.717) is 12.8 Å². The molecule has 8 nitrogen and oxygen atoms in total. The average Bonchev–Trinajstić information content (AvgIpc) is 3.19. The van der Waals surface area contributed by atoms with Crippen LogP contribution >= 0.6 is 0 Å². The van der Waals surface area contributed by atoms with Crippen LogP contribution in [0, 0.1) is 12.8 Å². The van der Waals surface area contributed by atoms with Gasteiger partial charge in [0.05, 0.1) is 16.1 Å². The molecule has 0 aliphatic carbocycles. The van der Waals surface area contributed by atoms with Gasteiger partial charge in [0, 0.05) is 19.7 Å². The fourth-order valence-electron chi connectivity index (χ4n) is 3.72. The van der Waals surface area contributed by atoms with Crippen LogP contribution in [0.25, 0.3) is 11.0 Å². The minimum Gasteiger partial charge on any atom is -0.460 e. The van der Waals surface area contributed by atoms with Crippen LogP contribution in [0.1, 0.15) is 37.4 Å². The van der Waals surface area contributed by atoms with Gasteiger partial charge in [-0.2, -0.15) is 4.31 Å². The molecule has 3 rings (SSSR count). The second kappa shape index (κ2) is 10.3. The molecular formula is C24H30N4O4S. The number of aryl methyl sites for hydroxylation is 1. The number of carbonyl (C=O) groups is 1. The summed E-state index contributed by atoms with van der Waals surface area (Å²) < 4.78 is 32.9. The SMILES string of the molecule is C=CCOC(=O)[C@H]([C@@H](C)CC)N(C)S(=O)(=O)c1ccc(Cc2nccc3[nH]c(C)nc23)cc1. The Morgan fingerprint density at radius 3 is 2.61 bits per heavy atom. The number of pyridine rings is 1. The number of ether oxygens (including phenoxy) is 1. The lowest BCUT2D eigenvalue weighted by atomic mass is 9.99. The Hall–Kier alpha value is -3.04. The molecule has 2 atom stereocenters. The van der Waals surface area contributed by atoms with Crippen molar-refractivity contribution in [3.05, 3.63) is 66.3 Å². The van der Waals surface area contributed by atoms with E-state index in [0.717, 1.165) is 32.4 Å². The van der Waals surface area contributed by atoms with Crippen LogP contribution in [0.5, 0.6) is 0 Å². The number of nitrogens with zero attached hydrogens (tertiary/aromatic N) is 3. The molecule has 0 spiro atoms.